The van der Waals surface area contributed by atoms with Crippen molar-refractivity contribution in [1.29, 1.82) is 0 Å². The molecule has 3 aliphatic rings. The van der Waals surface area contributed by atoms with Gasteiger partial charge in [-0.1, -0.05) is 18.2 Å². The van der Waals surface area contributed by atoms with Crippen LogP contribution in [0.1, 0.15) is 32.1 Å². The molecule has 0 aromatic heterocycles. The first-order valence-corrected chi connectivity index (χ1v) is 11.0. The second kappa shape index (κ2) is 9.72. The van der Waals surface area contributed by atoms with Gasteiger partial charge in [0.2, 0.25) is 5.91 Å². The van der Waals surface area contributed by atoms with E-state index in [4.69, 9.17) is 4.84 Å². The molecule has 154 valence electrons. The Morgan fingerprint density at radius 1 is 0.964 bits per heavy atom. The molecule has 3 aliphatic heterocycles. The second-order valence-corrected chi connectivity index (χ2v) is 8.21. The van der Waals surface area contributed by atoms with Gasteiger partial charge in [-0.05, 0) is 37.8 Å². The minimum Gasteiger partial charge on any atom is -0.369 e. The van der Waals surface area contributed by atoms with Crippen molar-refractivity contribution in [3.05, 3.63) is 30.3 Å². The maximum Gasteiger partial charge on any atom is 0.224 e. The maximum atomic E-state index is 12.7. The number of rotatable bonds is 5. The summed E-state index contributed by atoms with van der Waals surface area (Å²) in [6.07, 6.45) is 5.22. The number of likely N-dealkylation sites (tertiary alicyclic amines) is 1. The number of anilines is 1. The number of hydrogen-bond donors (Lipinski definition) is 0. The van der Waals surface area contributed by atoms with Crippen LogP contribution in [-0.2, 0) is 9.63 Å². The number of piperazine rings is 1. The van der Waals surface area contributed by atoms with E-state index < -0.39 is 0 Å². The summed E-state index contributed by atoms with van der Waals surface area (Å²) >= 11 is 0. The van der Waals surface area contributed by atoms with Gasteiger partial charge < -0.3 is 9.80 Å². The summed E-state index contributed by atoms with van der Waals surface area (Å²) in [5, 5.41) is 1.98. The molecule has 4 rings (SSSR count). The van der Waals surface area contributed by atoms with Crippen molar-refractivity contribution in [3.8, 4) is 0 Å². The number of para-hydroxylation sites is 1. The first kappa shape index (κ1) is 19.7. The molecule has 0 aliphatic carbocycles. The minimum atomic E-state index is 0.293. The molecule has 0 spiro atoms. The van der Waals surface area contributed by atoms with Gasteiger partial charge in [-0.15, -0.1) is 0 Å². The number of carbonyl (C=O) groups excluding carboxylic acids is 1. The average molecular weight is 387 g/mol. The van der Waals surface area contributed by atoms with Crippen molar-refractivity contribution in [3.63, 3.8) is 0 Å². The molecule has 0 radical (unpaired) electrons. The summed E-state index contributed by atoms with van der Waals surface area (Å²) in [4.78, 5) is 25.5. The Hall–Kier alpha value is -1.63. The van der Waals surface area contributed by atoms with Crippen LogP contribution >= 0.6 is 0 Å². The lowest BCUT2D eigenvalue weighted by atomic mass is 10.0. The molecule has 3 heterocycles. The van der Waals surface area contributed by atoms with Crippen molar-refractivity contribution in [1.82, 2.24) is 14.9 Å². The van der Waals surface area contributed by atoms with Gasteiger partial charge in [0.15, 0.2) is 0 Å². The summed E-state index contributed by atoms with van der Waals surface area (Å²) in [7, 11) is 0. The smallest absolute Gasteiger partial charge is 0.224 e. The largest absolute Gasteiger partial charge is 0.369 e. The van der Waals surface area contributed by atoms with Crippen molar-refractivity contribution >= 4 is 11.6 Å². The number of piperidine rings is 1. The van der Waals surface area contributed by atoms with Gasteiger partial charge in [-0.25, -0.2) is 0 Å². The Kier molecular flexibility index (Phi) is 6.83. The quantitative estimate of drug-likeness (QED) is 0.776. The zero-order chi connectivity index (χ0) is 19.2. The summed E-state index contributed by atoms with van der Waals surface area (Å²) in [5.74, 6) is 0.293. The second-order valence-electron chi connectivity index (χ2n) is 8.21. The lowest BCUT2D eigenvalue weighted by molar-refractivity contribution is -0.182. The molecule has 1 aromatic rings. The van der Waals surface area contributed by atoms with Gasteiger partial charge in [0.25, 0.3) is 0 Å². The summed E-state index contributed by atoms with van der Waals surface area (Å²) in [6.45, 7) is 8.62. The van der Waals surface area contributed by atoms with E-state index in [-0.39, 0.29) is 0 Å². The lowest BCUT2D eigenvalue weighted by Crippen LogP contribution is -2.56. The van der Waals surface area contributed by atoms with E-state index >= 15 is 0 Å². The highest BCUT2D eigenvalue weighted by Crippen LogP contribution is 2.21. The van der Waals surface area contributed by atoms with E-state index in [0.29, 0.717) is 18.4 Å². The predicted octanol–water partition coefficient (Wildman–Crippen LogP) is 2.22. The molecular weight excluding hydrogens is 352 g/mol. The first-order chi connectivity index (χ1) is 13.8. The minimum absolute atomic E-state index is 0.293. The van der Waals surface area contributed by atoms with Crippen LogP contribution in [0.5, 0.6) is 0 Å². The van der Waals surface area contributed by atoms with Crippen LogP contribution in [0.2, 0.25) is 0 Å². The van der Waals surface area contributed by atoms with Crippen LogP contribution < -0.4 is 4.90 Å². The topological polar surface area (TPSA) is 39.3 Å². The molecule has 3 fully saturated rings. The Morgan fingerprint density at radius 3 is 2.54 bits per heavy atom. The number of hydroxylamine groups is 2. The zero-order valence-electron chi connectivity index (χ0n) is 17.0. The standard InChI is InChI=1S/C22H34N4O2/c27-22(10-13-26-12-4-5-18-28-26)25-11-6-9-21(19-25)24-16-14-23(15-17-24)20-7-2-1-3-8-20/h1-3,7-8,21H,4-6,9-19H2/t21-/m1/s1. The van der Waals surface area contributed by atoms with Crippen molar-refractivity contribution in [2.45, 2.75) is 38.1 Å². The molecule has 6 nitrogen and oxygen atoms in total. The molecule has 1 atom stereocenters. The van der Waals surface area contributed by atoms with E-state index in [1.807, 2.05) is 5.06 Å². The SMILES string of the molecule is O=C(CCN1CCCCO1)N1CCC[C@@H](N2CCN(c3ccccc3)CC2)C1. The van der Waals surface area contributed by atoms with Crippen LogP contribution in [0.15, 0.2) is 30.3 Å². The van der Waals surface area contributed by atoms with E-state index in [1.165, 1.54) is 18.5 Å². The van der Waals surface area contributed by atoms with Crippen LogP contribution in [0.25, 0.3) is 0 Å². The Labute approximate surface area is 169 Å². The number of hydrogen-bond acceptors (Lipinski definition) is 5. The molecule has 6 heteroatoms. The zero-order valence-corrected chi connectivity index (χ0v) is 17.0. The Bertz CT molecular complexity index is 612. The molecule has 1 amide bonds. The molecule has 28 heavy (non-hydrogen) atoms. The van der Waals surface area contributed by atoms with Gasteiger partial charge in [0.1, 0.15) is 0 Å². The van der Waals surface area contributed by atoms with Crippen molar-refractivity contribution in [2.75, 3.05) is 63.9 Å². The molecular formula is C22H34N4O2. The van der Waals surface area contributed by atoms with E-state index in [2.05, 4.69) is 45.0 Å². The average Bonchev–Trinajstić information content (AvgIpc) is 2.79. The third-order valence-electron chi connectivity index (χ3n) is 6.35. The van der Waals surface area contributed by atoms with Crippen LogP contribution in [-0.4, -0.2) is 85.8 Å². The fourth-order valence-electron chi connectivity index (χ4n) is 4.67. The Balaban J connectivity index is 1.23. The van der Waals surface area contributed by atoms with Gasteiger partial charge in [0.05, 0.1) is 6.61 Å². The number of carbonyl (C=O) groups is 1. The number of benzene rings is 1. The predicted molar refractivity (Wildman–Crippen MR) is 111 cm³/mol. The third kappa shape index (κ3) is 5.04. The molecule has 0 N–H and O–H groups in total. The summed E-state index contributed by atoms with van der Waals surface area (Å²) in [5.41, 5.74) is 1.32. The van der Waals surface area contributed by atoms with Gasteiger partial charge in [-0.2, -0.15) is 5.06 Å². The van der Waals surface area contributed by atoms with E-state index in [0.717, 1.165) is 71.8 Å². The van der Waals surface area contributed by atoms with E-state index in [9.17, 15) is 4.79 Å². The Morgan fingerprint density at radius 2 is 1.79 bits per heavy atom. The molecule has 0 saturated carbocycles. The van der Waals surface area contributed by atoms with Gasteiger partial charge in [-0.3, -0.25) is 14.5 Å². The first-order valence-electron chi connectivity index (χ1n) is 11.0. The van der Waals surface area contributed by atoms with Gasteiger partial charge in [0, 0.05) is 70.5 Å². The van der Waals surface area contributed by atoms with Crippen LogP contribution in [0, 0.1) is 0 Å². The normalized spacial score (nSPS) is 25.1. The molecule has 3 saturated heterocycles. The molecule has 0 bridgehead atoms. The van der Waals surface area contributed by atoms with Crippen molar-refractivity contribution < 1.29 is 9.63 Å². The van der Waals surface area contributed by atoms with Crippen LogP contribution in [0.3, 0.4) is 0 Å². The fourth-order valence-corrected chi connectivity index (χ4v) is 4.67. The molecule has 0 unspecified atom stereocenters. The van der Waals surface area contributed by atoms with E-state index in [1.54, 1.807) is 0 Å². The van der Waals surface area contributed by atoms with Gasteiger partial charge >= 0.3 is 0 Å². The number of amides is 1. The lowest BCUT2D eigenvalue weighted by Gasteiger charge is -2.44. The molecule has 1 aromatic carbocycles. The summed E-state index contributed by atoms with van der Waals surface area (Å²) in [6, 6.07) is 11.2. The highest BCUT2D eigenvalue weighted by molar-refractivity contribution is 5.76. The van der Waals surface area contributed by atoms with Crippen molar-refractivity contribution in [2.24, 2.45) is 0 Å². The highest BCUT2D eigenvalue weighted by atomic mass is 16.7. The number of nitrogens with zero attached hydrogens (tertiary/aromatic N) is 4. The van der Waals surface area contributed by atoms with Crippen LogP contribution in [0.4, 0.5) is 5.69 Å². The fraction of sp³-hybridized carbons (Fsp3) is 0.682. The highest BCUT2D eigenvalue weighted by Gasteiger charge is 2.30. The maximum absolute atomic E-state index is 12.7. The monoisotopic (exact) mass is 386 g/mol. The third-order valence-corrected chi connectivity index (χ3v) is 6.35. The summed E-state index contributed by atoms with van der Waals surface area (Å²) < 4.78 is 0.